The Morgan fingerprint density at radius 3 is 2.68 bits per heavy atom. The molecule has 7 heteroatoms. The lowest BCUT2D eigenvalue weighted by Crippen LogP contribution is -2.33. The van der Waals surface area contributed by atoms with Crippen molar-refractivity contribution in [2.75, 3.05) is 5.73 Å². The fourth-order valence-electron chi connectivity index (χ4n) is 2.94. The molecule has 0 saturated heterocycles. The van der Waals surface area contributed by atoms with Gasteiger partial charge in [0.15, 0.2) is 5.69 Å². The number of nitrogens with two attached hydrogens (primary N) is 1. The number of hydrogen-bond donors (Lipinski definition) is 2. The van der Waals surface area contributed by atoms with Crippen LogP contribution in [-0.2, 0) is 0 Å². The summed E-state index contributed by atoms with van der Waals surface area (Å²) in [5.74, 6) is 0.726. The van der Waals surface area contributed by atoms with Gasteiger partial charge in [0.1, 0.15) is 22.8 Å². The highest BCUT2D eigenvalue weighted by atomic mass is 35.5. The number of benzene rings is 1. The minimum atomic E-state index is 0.156. The molecule has 0 bridgehead atoms. The second kappa shape index (κ2) is 5.65. The Morgan fingerprint density at radius 1 is 1.28 bits per heavy atom. The monoisotopic (exact) mass is 350 g/mol. The quantitative estimate of drug-likeness (QED) is 0.541. The number of aromatic amines is 1. The van der Waals surface area contributed by atoms with Crippen LogP contribution in [0.3, 0.4) is 0 Å². The summed E-state index contributed by atoms with van der Waals surface area (Å²) in [6.07, 6.45) is 1.56. The molecule has 122 valence electrons. The number of fused-ring (bicyclic) bond motifs is 1. The Kier molecular flexibility index (Phi) is 3.45. The number of rotatable bonds is 2. The number of aryl methyl sites for hydroxylation is 1. The number of nitriles is 1. The Morgan fingerprint density at radius 2 is 2.04 bits per heavy atom. The summed E-state index contributed by atoms with van der Waals surface area (Å²) in [4.78, 5) is 4.45. The third-order valence-corrected chi connectivity index (χ3v) is 4.29. The molecule has 3 aromatic heterocycles. The molecule has 0 amide bonds. The molecule has 4 rings (SSSR count). The Bertz CT molecular complexity index is 1120. The summed E-state index contributed by atoms with van der Waals surface area (Å²) >= 11 is 5.98. The van der Waals surface area contributed by atoms with Gasteiger partial charge in [0, 0.05) is 5.02 Å². The van der Waals surface area contributed by atoms with Gasteiger partial charge in [-0.25, -0.2) is 5.10 Å². The SMILES string of the molecule is Cc1[nH][n+](-c2ccc(Cl)cc2)c2nc(N)c(C#N)c(-c3ccco3)c12. The molecule has 0 saturated carbocycles. The maximum absolute atomic E-state index is 9.56. The normalized spacial score (nSPS) is 10.9. The van der Waals surface area contributed by atoms with Crippen molar-refractivity contribution in [3.63, 3.8) is 0 Å². The summed E-state index contributed by atoms with van der Waals surface area (Å²) in [5, 5.41) is 14.3. The molecule has 0 aliphatic rings. The summed E-state index contributed by atoms with van der Waals surface area (Å²) in [5.41, 5.74) is 9.31. The molecule has 0 unspecified atom stereocenters. The average Bonchev–Trinajstić information content (AvgIpc) is 3.23. The van der Waals surface area contributed by atoms with Gasteiger partial charge in [-0.15, -0.1) is 4.68 Å². The van der Waals surface area contributed by atoms with Gasteiger partial charge < -0.3 is 10.2 Å². The highest BCUT2D eigenvalue weighted by Crippen LogP contribution is 2.34. The summed E-state index contributed by atoms with van der Waals surface area (Å²) in [6, 6.07) is 13.1. The number of hydrogen-bond acceptors (Lipinski definition) is 4. The van der Waals surface area contributed by atoms with E-state index in [1.165, 1.54) is 0 Å². The highest BCUT2D eigenvalue weighted by Gasteiger charge is 2.28. The number of nitrogen functional groups attached to an aromatic ring is 1. The molecule has 6 nitrogen and oxygen atoms in total. The van der Waals surface area contributed by atoms with Gasteiger partial charge >= 0.3 is 5.65 Å². The molecular formula is C18H13ClN5O+. The molecular weight excluding hydrogens is 338 g/mol. The smallest absolute Gasteiger partial charge is 0.359 e. The number of pyridine rings is 1. The third-order valence-electron chi connectivity index (χ3n) is 4.04. The van der Waals surface area contributed by atoms with Crippen molar-refractivity contribution in [2.24, 2.45) is 0 Å². The second-order valence-corrected chi connectivity index (χ2v) is 6.02. The van der Waals surface area contributed by atoms with E-state index < -0.39 is 0 Å². The lowest BCUT2D eigenvalue weighted by atomic mass is 10.0. The summed E-state index contributed by atoms with van der Waals surface area (Å²) < 4.78 is 7.35. The maximum Gasteiger partial charge on any atom is 0.359 e. The van der Waals surface area contributed by atoms with Crippen LogP contribution in [0.2, 0.25) is 5.02 Å². The number of nitrogens with zero attached hydrogens (tertiary/aromatic N) is 3. The number of furan rings is 1. The molecule has 0 fully saturated rings. The largest absolute Gasteiger partial charge is 0.464 e. The van der Waals surface area contributed by atoms with Crippen LogP contribution in [0, 0.1) is 18.3 Å². The van der Waals surface area contributed by atoms with Crippen molar-refractivity contribution in [3.8, 4) is 23.1 Å². The zero-order valence-electron chi connectivity index (χ0n) is 13.2. The van der Waals surface area contributed by atoms with Crippen molar-refractivity contribution < 1.29 is 9.10 Å². The first kappa shape index (κ1) is 15.2. The summed E-state index contributed by atoms with van der Waals surface area (Å²) in [6.45, 7) is 1.92. The number of H-pyrrole nitrogens is 1. The molecule has 3 N–H and O–H groups in total. The minimum Gasteiger partial charge on any atom is -0.464 e. The predicted molar refractivity (Wildman–Crippen MR) is 94.2 cm³/mol. The van der Waals surface area contributed by atoms with E-state index in [1.54, 1.807) is 30.5 Å². The highest BCUT2D eigenvalue weighted by molar-refractivity contribution is 6.30. The Balaban J connectivity index is 2.11. The van der Waals surface area contributed by atoms with Gasteiger partial charge in [0.25, 0.3) is 5.82 Å². The van der Waals surface area contributed by atoms with Gasteiger partial charge in [-0.3, -0.25) is 0 Å². The minimum absolute atomic E-state index is 0.156. The Labute approximate surface area is 148 Å². The van der Waals surface area contributed by atoms with E-state index in [9.17, 15) is 5.26 Å². The lowest BCUT2D eigenvalue weighted by Gasteiger charge is -2.02. The molecule has 4 aromatic rings. The van der Waals surface area contributed by atoms with Crippen LogP contribution < -0.4 is 10.4 Å². The van der Waals surface area contributed by atoms with Crippen molar-refractivity contribution in [1.82, 2.24) is 10.1 Å². The molecule has 0 aliphatic carbocycles. The van der Waals surface area contributed by atoms with Crippen LogP contribution in [0.4, 0.5) is 5.82 Å². The number of aromatic nitrogens is 3. The van der Waals surface area contributed by atoms with E-state index >= 15 is 0 Å². The van der Waals surface area contributed by atoms with Crippen LogP contribution in [0.25, 0.3) is 28.0 Å². The first-order valence-corrected chi connectivity index (χ1v) is 7.91. The molecule has 0 spiro atoms. The molecule has 0 radical (unpaired) electrons. The first-order chi connectivity index (χ1) is 12.1. The lowest BCUT2D eigenvalue weighted by molar-refractivity contribution is -0.632. The number of nitrogens with one attached hydrogen (secondary N) is 1. The molecule has 1 aromatic carbocycles. The van der Waals surface area contributed by atoms with E-state index in [-0.39, 0.29) is 5.82 Å². The Hall–Kier alpha value is -3.30. The van der Waals surface area contributed by atoms with Crippen molar-refractivity contribution in [3.05, 3.63) is 58.9 Å². The van der Waals surface area contributed by atoms with Crippen LogP contribution in [0.15, 0.2) is 47.1 Å². The maximum atomic E-state index is 9.56. The summed E-state index contributed by atoms with van der Waals surface area (Å²) in [7, 11) is 0. The van der Waals surface area contributed by atoms with Crippen molar-refractivity contribution in [1.29, 1.82) is 5.26 Å². The van der Waals surface area contributed by atoms with E-state index in [2.05, 4.69) is 16.2 Å². The first-order valence-electron chi connectivity index (χ1n) is 7.54. The predicted octanol–water partition coefficient (Wildman–Crippen LogP) is 3.52. The van der Waals surface area contributed by atoms with E-state index in [0.717, 1.165) is 16.8 Å². The molecule has 25 heavy (non-hydrogen) atoms. The van der Waals surface area contributed by atoms with Gasteiger partial charge in [-0.1, -0.05) is 11.6 Å². The molecule has 0 aliphatic heterocycles. The number of halogens is 1. The molecule has 3 heterocycles. The fourth-order valence-corrected chi connectivity index (χ4v) is 3.07. The number of anilines is 1. The topological polar surface area (TPSA) is 95.5 Å². The van der Waals surface area contributed by atoms with Gasteiger partial charge in [0.2, 0.25) is 0 Å². The third kappa shape index (κ3) is 2.33. The van der Waals surface area contributed by atoms with E-state index in [4.69, 9.17) is 21.8 Å². The van der Waals surface area contributed by atoms with E-state index in [0.29, 0.717) is 27.6 Å². The van der Waals surface area contributed by atoms with Crippen LogP contribution in [-0.4, -0.2) is 10.1 Å². The molecule has 0 atom stereocenters. The zero-order chi connectivity index (χ0) is 17.6. The van der Waals surface area contributed by atoms with Gasteiger partial charge in [-0.05, 0) is 48.3 Å². The standard InChI is InChI=1S/C18H12ClN5O/c1-10-15-16(14-3-2-8-25-14)13(9-20)17(21)22-18(15)24(23-10)12-6-4-11(19)5-7-12/h2-8H,1H3,(H2,21,22,23)/p+1. The second-order valence-electron chi connectivity index (χ2n) is 5.58. The van der Waals surface area contributed by atoms with Crippen molar-refractivity contribution >= 4 is 28.5 Å². The zero-order valence-corrected chi connectivity index (χ0v) is 14.0. The van der Waals surface area contributed by atoms with Crippen LogP contribution in [0.5, 0.6) is 0 Å². The van der Waals surface area contributed by atoms with E-state index in [1.807, 2.05) is 23.7 Å². The fraction of sp³-hybridized carbons (Fsp3) is 0.0556. The average molecular weight is 351 g/mol. The van der Waals surface area contributed by atoms with Crippen LogP contribution in [0.1, 0.15) is 11.3 Å². The van der Waals surface area contributed by atoms with Crippen LogP contribution >= 0.6 is 11.6 Å². The van der Waals surface area contributed by atoms with Crippen molar-refractivity contribution in [2.45, 2.75) is 6.92 Å². The van der Waals surface area contributed by atoms with Gasteiger partial charge in [-0.2, -0.15) is 5.26 Å². The van der Waals surface area contributed by atoms with Gasteiger partial charge in [0.05, 0.1) is 17.5 Å².